The number of anilines is 1. The molecule has 34 heavy (non-hydrogen) atoms. The molecular weight excluding hydrogens is 469 g/mol. The van der Waals surface area contributed by atoms with Crippen LogP contribution in [-0.4, -0.2) is 41.3 Å². The van der Waals surface area contributed by atoms with Crippen molar-refractivity contribution in [2.45, 2.75) is 51.7 Å². The van der Waals surface area contributed by atoms with E-state index in [2.05, 4.69) is 10.3 Å². The van der Waals surface area contributed by atoms with Crippen LogP contribution in [0.25, 0.3) is 11.0 Å². The summed E-state index contributed by atoms with van der Waals surface area (Å²) in [7, 11) is -3.86. The maximum absolute atomic E-state index is 13.7. The molecule has 0 aliphatic heterocycles. The summed E-state index contributed by atoms with van der Waals surface area (Å²) in [5, 5.41) is 2.71. The molecule has 1 N–H and O–H groups in total. The number of aromatic nitrogens is 2. The average molecular weight is 497 g/mol. The van der Waals surface area contributed by atoms with E-state index in [9.17, 15) is 26.4 Å². The van der Waals surface area contributed by atoms with Crippen LogP contribution in [0.4, 0.5) is 18.9 Å². The van der Waals surface area contributed by atoms with Gasteiger partial charge in [-0.2, -0.15) is 17.5 Å². The summed E-state index contributed by atoms with van der Waals surface area (Å²) in [6.07, 6.45) is -5.00. The summed E-state index contributed by atoms with van der Waals surface area (Å²) in [5.41, 5.74) is 2.47. The first-order chi connectivity index (χ1) is 15.9. The van der Waals surface area contributed by atoms with Gasteiger partial charge in [0.05, 0.1) is 15.9 Å². The van der Waals surface area contributed by atoms with Gasteiger partial charge in [0.2, 0.25) is 21.8 Å². The molecule has 0 unspecified atom stereocenters. The molecule has 11 heteroatoms. The van der Waals surface area contributed by atoms with Crippen molar-refractivity contribution in [3.63, 3.8) is 0 Å². The highest BCUT2D eigenvalue weighted by molar-refractivity contribution is 7.89. The molecule has 0 radical (unpaired) electrons. The number of carbonyl (C=O) groups is 1. The zero-order valence-electron chi connectivity index (χ0n) is 19.4. The monoisotopic (exact) mass is 496 g/mol. The van der Waals surface area contributed by atoms with Crippen LogP contribution in [0.15, 0.2) is 41.3 Å². The predicted molar refractivity (Wildman–Crippen MR) is 124 cm³/mol. The number of alkyl halides is 3. The number of nitrogens with zero attached hydrogens (tertiary/aromatic N) is 3. The quantitative estimate of drug-likeness (QED) is 0.489. The predicted octanol–water partition coefficient (Wildman–Crippen LogP) is 4.73. The first kappa shape index (κ1) is 25.7. The topological polar surface area (TPSA) is 84.3 Å². The van der Waals surface area contributed by atoms with Crippen molar-refractivity contribution in [2.24, 2.45) is 0 Å². The van der Waals surface area contributed by atoms with Crippen LogP contribution in [0.1, 0.15) is 37.2 Å². The van der Waals surface area contributed by atoms with Gasteiger partial charge in [0, 0.05) is 31.7 Å². The second-order valence-corrected chi connectivity index (χ2v) is 9.94. The highest BCUT2D eigenvalue weighted by Gasteiger charge is 2.38. The maximum Gasteiger partial charge on any atom is 0.449 e. The Morgan fingerprint density at radius 3 is 2.24 bits per heavy atom. The molecule has 3 aromatic rings. The number of hydrogen-bond donors (Lipinski definition) is 1. The Labute approximate surface area is 196 Å². The van der Waals surface area contributed by atoms with Gasteiger partial charge in [-0.25, -0.2) is 13.4 Å². The third-order valence-electron chi connectivity index (χ3n) is 5.38. The number of sulfonamides is 1. The van der Waals surface area contributed by atoms with Crippen LogP contribution >= 0.6 is 0 Å². The minimum Gasteiger partial charge on any atom is -0.326 e. The maximum atomic E-state index is 13.7. The Hall–Kier alpha value is -2.92. The molecule has 3 rings (SSSR count). The lowest BCUT2D eigenvalue weighted by Crippen LogP contribution is -2.30. The molecule has 0 fully saturated rings. The van der Waals surface area contributed by atoms with Crippen LogP contribution in [0, 0.1) is 13.8 Å². The van der Waals surface area contributed by atoms with E-state index in [4.69, 9.17) is 0 Å². The van der Waals surface area contributed by atoms with Crippen LogP contribution in [0.5, 0.6) is 0 Å². The number of amides is 1. The van der Waals surface area contributed by atoms with Gasteiger partial charge in [0.1, 0.15) is 0 Å². The SMILES string of the molecule is CCN(CC)S(=O)(=O)c1ccc2c(c1)nc(C(F)(F)F)n2CCC(=O)Nc1cc(C)cc(C)c1. The summed E-state index contributed by atoms with van der Waals surface area (Å²) in [4.78, 5) is 16.0. The lowest BCUT2D eigenvalue weighted by molar-refractivity contribution is -0.147. The molecule has 1 amide bonds. The number of imidazole rings is 1. The van der Waals surface area contributed by atoms with Crippen LogP contribution in [-0.2, 0) is 27.5 Å². The smallest absolute Gasteiger partial charge is 0.326 e. The standard InChI is InChI=1S/C23H27F3N4O3S/c1-5-29(6-2)34(32,33)18-7-8-20-19(14-18)28-22(23(24,25)26)30(20)10-9-21(31)27-17-12-15(3)11-16(4)13-17/h7-8,11-14H,5-6,9-10H2,1-4H3,(H,27,31). The molecular formula is C23H27F3N4O3S. The third-order valence-corrected chi connectivity index (χ3v) is 7.43. The van der Waals surface area contributed by atoms with Gasteiger partial charge in [-0.1, -0.05) is 19.9 Å². The molecule has 184 valence electrons. The number of aryl methyl sites for hydroxylation is 3. The lowest BCUT2D eigenvalue weighted by Gasteiger charge is -2.18. The van der Waals surface area contributed by atoms with Gasteiger partial charge in [-0.3, -0.25) is 4.79 Å². The van der Waals surface area contributed by atoms with E-state index >= 15 is 0 Å². The highest BCUT2D eigenvalue weighted by Crippen LogP contribution is 2.33. The molecule has 2 aromatic carbocycles. The second kappa shape index (κ2) is 9.75. The fourth-order valence-electron chi connectivity index (χ4n) is 3.91. The second-order valence-electron chi connectivity index (χ2n) is 8.00. The van der Waals surface area contributed by atoms with Gasteiger partial charge in [-0.15, -0.1) is 0 Å². The van der Waals surface area contributed by atoms with E-state index in [-0.39, 0.29) is 42.0 Å². The van der Waals surface area contributed by atoms with E-state index < -0.39 is 27.9 Å². The minimum absolute atomic E-state index is 0.102. The number of nitrogens with one attached hydrogen (secondary N) is 1. The van der Waals surface area contributed by atoms with E-state index in [0.29, 0.717) is 5.69 Å². The van der Waals surface area contributed by atoms with Gasteiger partial charge in [0.25, 0.3) is 0 Å². The number of carbonyl (C=O) groups excluding carboxylic acids is 1. The molecule has 0 atom stereocenters. The largest absolute Gasteiger partial charge is 0.449 e. The molecule has 7 nitrogen and oxygen atoms in total. The fourth-order valence-corrected chi connectivity index (χ4v) is 5.39. The number of fused-ring (bicyclic) bond motifs is 1. The molecule has 0 saturated heterocycles. The van der Waals surface area contributed by atoms with Crippen molar-refractivity contribution in [3.05, 3.63) is 53.3 Å². The van der Waals surface area contributed by atoms with E-state index in [1.54, 1.807) is 26.0 Å². The summed E-state index contributed by atoms with van der Waals surface area (Å²) < 4.78 is 68.8. The third kappa shape index (κ3) is 5.41. The number of benzene rings is 2. The zero-order valence-corrected chi connectivity index (χ0v) is 20.2. The number of rotatable bonds is 8. The molecule has 0 aliphatic rings. The molecule has 0 saturated carbocycles. The zero-order chi connectivity index (χ0) is 25.3. The van der Waals surface area contributed by atoms with Crippen molar-refractivity contribution in [3.8, 4) is 0 Å². The Balaban J connectivity index is 1.92. The van der Waals surface area contributed by atoms with Crippen molar-refractivity contribution in [1.82, 2.24) is 13.9 Å². The summed E-state index contributed by atoms with van der Waals surface area (Å²) >= 11 is 0. The molecule has 0 spiro atoms. The summed E-state index contributed by atoms with van der Waals surface area (Å²) in [6.45, 7) is 7.31. The van der Waals surface area contributed by atoms with Crippen LogP contribution in [0.2, 0.25) is 0 Å². The first-order valence-corrected chi connectivity index (χ1v) is 12.3. The van der Waals surface area contributed by atoms with Crippen LogP contribution in [0.3, 0.4) is 0 Å². The van der Waals surface area contributed by atoms with Crippen molar-refractivity contribution in [1.29, 1.82) is 0 Å². The van der Waals surface area contributed by atoms with Gasteiger partial charge < -0.3 is 9.88 Å². The number of hydrogen-bond acceptors (Lipinski definition) is 4. The van der Waals surface area contributed by atoms with E-state index in [1.165, 1.54) is 16.4 Å². The normalized spacial score (nSPS) is 12.5. The fraction of sp³-hybridized carbons (Fsp3) is 0.391. The van der Waals surface area contributed by atoms with E-state index in [1.807, 2.05) is 19.9 Å². The Kier molecular flexibility index (Phi) is 7.37. The van der Waals surface area contributed by atoms with Gasteiger partial charge in [0.15, 0.2) is 0 Å². The summed E-state index contributed by atoms with van der Waals surface area (Å²) in [6, 6.07) is 9.20. The van der Waals surface area contributed by atoms with E-state index in [0.717, 1.165) is 21.8 Å². The first-order valence-electron chi connectivity index (χ1n) is 10.8. The number of halogens is 3. The molecule has 0 bridgehead atoms. The van der Waals surface area contributed by atoms with Gasteiger partial charge in [-0.05, 0) is 55.3 Å². The minimum atomic E-state index is -4.78. The summed E-state index contributed by atoms with van der Waals surface area (Å²) in [5.74, 6) is -1.63. The van der Waals surface area contributed by atoms with Crippen molar-refractivity contribution >= 4 is 32.7 Å². The molecule has 1 heterocycles. The Morgan fingerprint density at radius 1 is 1.06 bits per heavy atom. The van der Waals surface area contributed by atoms with Crippen molar-refractivity contribution in [2.75, 3.05) is 18.4 Å². The lowest BCUT2D eigenvalue weighted by atomic mass is 10.1. The average Bonchev–Trinajstić information content (AvgIpc) is 3.10. The van der Waals surface area contributed by atoms with Crippen molar-refractivity contribution < 1.29 is 26.4 Å². The Bertz CT molecular complexity index is 1290. The van der Waals surface area contributed by atoms with Crippen LogP contribution < -0.4 is 5.32 Å². The van der Waals surface area contributed by atoms with Gasteiger partial charge >= 0.3 is 6.18 Å². The molecule has 1 aromatic heterocycles. The Morgan fingerprint density at radius 2 is 1.68 bits per heavy atom. The molecule has 0 aliphatic carbocycles. The highest BCUT2D eigenvalue weighted by atomic mass is 32.2.